The van der Waals surface area contributed by atoms with E-state index in [0.717, 1.165) is 25.0 Å². The van der Waals surface area contributed by atoms with Crippen LogP contribution in [0.3, 0.4) is 0 Å². The molecule has 2 unspecified atom stereocenters. The van der Waals surface area contributed by atoms with Gasteiger partial charge in [0.05, 0.1) is 0 Å². The van der Waals surface area contributed by atoms with Gasteiger partial charge in [-0.2, -0.15) is 0 Å². The molecule has 0 aliphatic carbocycles. The highest BCUT2D eigenvalue weighted by molar-refractivity contribution is 6.76. The zero-order chi connectivity index (χ0) is 19.5. The maximum absolute atomic E-state index is 6.33. The van der Waals surface area contributed by atoms with E-state index < -0.39 is 37.4 Å². The zero-order valence-corrected chi connectivity index (χ0v) is 22.9. The maximum atomic E-state index is 6.33. The second-order valence-corrected chi connectivity index (χ2v) is 15.6. The van der Waals surface area contributed by atoms with E-state index in [9.17, 15) is 0 Å². The van der Waals surface area contributed by atoms with Gasteiger partial charge in [-0.1, -0.05) is 13.1 Å². The molecule has 10 heteroatoms. The highest BCUT2D eigenvalue weighted by atomic mass is 28.5. The van der Waals surface area contributed by atoms with E-state index in [1.807, 2.05) is 0 Å². The van der Waals surface area contributed by atoms with Gasteiger partial charge < -0.3 is 22.6 Å². The van der Waals surface area contributed by atoms with Crippen molar-refractivity contribution >= 4 is 43.3 Å². The molecule has 0 aromatic carbocycles. The van der Waals surface area contributed by atoms with Crippen molar-refractivity contribution < 1.29 is 12.3 Å². The van der Waals surface area contributed by atoms with E-state index in [0.29, 0.717) is 6.04 Å². The van der Waals surface area contributed by atoms with Gasteiger partial charge in [-0.3, -0.25) is 4.99 Å². The van der Waals surface area contributed by atoms with Crippen LogP contribution in [0.25, 0.3) is 0 Å². The van der Waals surface area contributed by atoms with E-state index in [4.69, 9.17) is 17.3 Å². The summed E-state index contributed by atoms with van der Waals surface area (Å²) in [6.45, 7) is 18.1. The van der Waals surface area contributed by atoms with E-state index in [2.05, 4.69) is 71.1 Å². The van der Waals surface area contributed by atoms with Crippen LogP contribution >= 0.6 is 0 Å². The van der Waals surface area contributed by atoms with Crippen molar-refractivity contribution in [2.45, 2.75) is 78.4 Å². The number of hydrogen-bond donors (Lipinski definition) is 1. The fourth-order valence-corrected chi connectivity index (χ4v) is 13.3. The number of rotatable bonds is 12. The van der Waals surface area contributed by atoms with E-state index in [-0.39, 0.29) is 6.04 Å². The Morgan fingerprint density at radius 1 is 1.24 bits per heavy atom. The summed E-state index contributed by atoms with van der Waals surface area (Å²) < 4.78 is 18.3. The predicted molar refractivity (Wildman–Crippen MR) is 120 cm³/mol. The monoisotopic (exact) mass is 423 g/mol. The fraction of sp³-hybridized carbons (Fsp3) is 0.933. The molecule has 0 bridgehead atoms. The third-order valence-corrected chi connectivity index (χ3v) is 14.9. The Hall–Kier alpha value is 0.0175. The van der Waals surface area contributed by atoms with Crippen molar-refractivity contribution in [3.63, 3.8) is 0 Å². The number of nitrogens with one attached hydrogen (secondary N) is 1. The summed E-state index contributed by atoms with van der Waals surface area (Å²) in [4.78, 5) is 6.94. The molecule has 0 aliphatic heterocycles. The average Bonchev–Trinajstić information content (AvgIpc) is 2.45. The Kier molecular flexibility index (Phi) is 13.2. The molecule has 0 aliphatic rings. The van der Waals surface area contributed by atoms with Crippen molar-refractivity contribution in [2.75, 3.05) is 13.6 Å². The van der Waals surface area contributed by atoms with Crippen LogP contribution in [-0.2, 0) is 12.3 Å². The van der Waals surface area contributed by atoms with Gasteiger partial charge in [-0.05, 0) is 53.3 Å². The quantitative estimate of drug-likeness (QED) is 0.291. The molecule has 0 saturated carbocycles. The maximum Gasteiger partial charge on any atom is 0.315 e. The van der Waals surface area contributed by atoms with Crippen LogP contribution < -0.4 is 5.32 Å². The van der Waals surface area contributed by atoms with Crippen molar-refractivity contribution in [3.8, 4) is 0 Å². The van der Waals surface area contributed by atoms with Crippen LogP contribution in [0, 0.1) is 0 Å². The highest BCUT2D eigenvalue weighted by Gasteiger charge is 2.32. The first-order valence-electron chi connectivity index (χ1n) is 9.62. The van der Waals surface area contributed by atoms with Gasteiger partial charge in [-0.25, -0.2) is 0 Å². The molecule has 6 nitrogen and oxygen atoms in total. The summed E-state index contributed by atoms with van der Waals surface area (Å²) in [5.74, 6) is 0.975. The molecule has 150 valence electrons. The number of nitrogens with zero attached hydrogens (tertiary/aromatic N) is 2. The third kappa shape index (κ3) is 12.1. The highest BCUT2D eigenvalue weighted by Crippen LogP contribution is 2.17. The van der Waals surface area contributed by atoms with Crippen LogP contribution in [0.1, 0.15) is 34.1 Å². The average molecular weight is 424 g/mol. The first-order chi connectivity index (χ1) is 11.6. The molecule has 0 spiro atoms. The normalized spacial score (nSPS) is 17.2. The van der Waals surface area contributed by atoms with Crippen LogP contribution in [0.5, 0.6) is 0 Å². The second kappa shape index (κ2) is 13.2. The van der Waals surface area contributed by atoms with Gasteiger partial charge in [0.25, 0.3) is 9.28 Å². The van der Waals surface area contributed by atoms with E-state index >= 15 is 0 Å². The predicted octanol–water partition coefficient (Wildman–Crippen LogP) is 1.31. The van der Waals surface area contributed by atoms with Gasteiger partial charge in [0.2, 0.25) is 0 Å². The molecule has 2 atom stereocenters. The minimum Gasteiger partial charge on any atom is -0.444 e. The summed E-state index contributed by atoms with van der Waals surface area (Å²) in [5.41, 5.74) is 0. The summed E-state index contributed by atoms with van der Waals surface area (Å²) >= 11 is 0. The first kappa shape index (κ1) is 25.0. The molecule has 0 fully saturated rings. The van der Waals surface area contributed by atoms with Gasteiger partial charge in [0.1, 0.15) is 19.5 Å². The lowest BCUT2D eigenvalue weighted by molar-refractivity contribution is 0.354. The summed E-state index contributed by atoms with van der Waals surface area (Å²) in [5, 5.41) is 3.46. The zero-order valence-electron chi connectivity index (χ0n) is 17.9. The lowest BCUT2D eigenvalue weighted by Crippen LogP contribution is -2.46. The van der Waals surface area contributed by atoms with Crippen LogP contribution in [0.15, 0.2) is 4.99 Å². The fourth-order valence-electron chi connectivity index (χ4n) is 2.58. The molecular formula is C15H41N3O3Si4. The first-order valence-corrected chi connectivity index (χ1v) is 18.2. The molecule has 1 N–H and O–H groups in total. The van der Waals surface area contributed by atoms with Gasteiger partial charge >= 0.3 is 8.56 Å². The number of guanidine groups is 1. The van der Waals surface area contributed by atoms with Gasteiger partial charge in [-0.15, -0.1) is 0 Å². The molecule has 0 aromatic rings. The Bertz CT molecular complexity index is 389. The lowest BCUT2D eigenvalue weighted by Gasteiger charge is -2.31. The molecule has 0 rings (SSSR count). The molecule has 25 heavy (non-hydrogen) atoms. The number of hydrogen-bond acceptors (Lipinski definition) is 4. The molecule has 0 heterocycles. The standard InChI is InChI=1S/C15H41N3O3Si4/c1-13(2)16-15(17-14(3)4)18(5)11-10-12-25(9,20-23-7)21-24(8)19-22-6/h13-14,24H,10-12,22-23H2,1-9H3,(H,16,17). The third-order valence-electron chi connectivity index (χ3n) is 3.55. The largest absolute Gasteiger partial charge is 0.444 e. The minimum absolute atomic E-state index is 0.281. The smallest absolute Gasteiger partial charge is 0.315 e. The molecule has 0 aromatic heterocycles. The Morgan fingerprint density at radius 3 is 2.36 bits per heavy atom. The Labute approximate surface area is 163 Å². The molecule has 0 radical (unpaired) electrons. The second-order valence-electron chi connectivity index (χ2n) is 7.08. The lowest BCUT2D eigenvalue weighted by atomic mass is 10.4. The molecular weight excluding hydrogens is 383 g/mol. The van der Waals surface area contributed by atoms with Crippen molar-refractivity contribution in [1.29, 1.82) is 0 Å². The van der Waals surface area contributed by atoms with E-state index in [1.165, 1.54) is 0 Å². The van der Waals surface area contributed by atoms with Crippen molar-refractivity contribution in [2.24, 2.45) is 4.99 Å². The topological polar surface area (TPSA) is 55.3 Å². The Balaban J connectivity index is 4.67. The summed E-state index contributed by atoms with van der Waals surface area (Å²) in [6.07, 6.45) is 1.05. The molecule has 0 amide bonds. The van der Waals surface area contributed by atoms with Gasteiger partial charge in [0, 0.05) is 25.7 Å². The van der Waals surface area contributed by atoms with Crippen LogP contribution in [0.2, 0.25) is 32.2 Å². The summed E-state index contributed by atoms with van der Waals surface area (Å²) in [7, 11) is -2.36. The minimum atomic E-state index is -2.08. The van der Waals surface area contributed by atoms with E-state index in [1.54, 1.807) is 0 Å². The van der Waals surface area contributed by atoms with Gasteiger partial charge in [0.15, 0.2) is 5.96 Å². The number of aliphatic imine (C=N–C) groups is 1. The van der Waals surface area contributed by atoms with Crippen LogP contribution in [0.4, 0.5) is 0 Å². The molecule has 0 saturated heterocycles. The Morgan fingerprint density at radius 2 is 1.88 bits per heavy atom. The van der Waals surface area contributed by atoms with Crippen molar-refractivity contribution in [3.05, 3.63) is 0 Å². The summed E-state index contributed by atoms with van der Waals surface area (Å²) in [6, 6.07) is 1.67. The van der Waals surface area contributed by atoms with Crippen LogP contribution in [-0.4, -0.2) is 73.9 Å². The van der Waals surface area contributed by atoms with Crippen molar-refractivity contribution in [1.82, 2.24) is 10.2 Å². The SMILES string of the molecule is C[SiH2]O[SiH](C)O[Si](C)(CCCN(C)C(=NC(C)C)NC(C)C)O[SiH2]C.